The Morgan fingerprint density at radius 2 is 1.33 bits per heavy atom. The molecule has 0 amide bonds. The molecule has 0 aromatic heterocycles. The topological polar surface area (TPSA) is 156 Å². The molecule has 1 aromatic rings. The standard InChI is InChI=1S/C30H47NO11/c1-10-20(7)16-37-27(34)40-24-13-12-23(14-25(24)41-28(35)38-17-21(8)11-2)15-30(26(32)33,31-19(5)6)42-29(36)39-22(9)18(3)4/h12-14,18-22,31H,10-11,15-17H2,1-9H3,(H,32,33)/t20?,21?,22?,30-/m0/s1. The summed E-state index contributed by atoms with van der Waals surface area (Å²) in [5.41, 5.74) is -1.98. The van der Waals surface area contributed by atoms with Gasteiger partial charge < -0.3 is 33.5 Å². The molecule has 2 N–H and O–H groups in total. The lowest BCUT2D eigenvalue weighted by Gasteiger charge is -2.32. The summed E-state index contributed by atoms with van der Waals surface area (Å²) < 4.78 is 31.6. The van der Waals surface area contributed by atoms with Crippen LogP contribution in [-0.2, 0) is 30.2 Å². The zero-order valence-electron chi connectivity index (χ0n) is 26.2. The van der Waals surface area contributed by atoms with E-state index in [1.165, 1.54) is 18.2 Å². The third kappa shape index (κ3) is 12.5. The number of ether oxygens (including phenoxy) is 6. The quantitative estimate of drug-likeness (QED) is 0.0946. The number of benzene rings is 1. The summed E-state index contributed by atoms with van der Waals surface area (Å²) in [6.07, 6.45) is -2.58. The molecule has 0 bridgehead atoms. The summed E-state index contributed by atoms with van der Waals surface area (Å²) in [5, 5.41) is 13.0. The molecule has 12 heteroatoms. The number of hydrogen-bond donors (Lipinski definition) is 2. The molecule has 0 heterocycles. The van der Waals surface area contributed by atoms with Gasteiger partial charge in [-0.25, -0.2) is 19.2 Å². The van der Waals surface area contributed by atoms with Crippen molar-refractivity contribution in [1.82, 2.24) is 5.32 Å². The molecule has 42 heavy (non-hydrogen) atoms. The summed E-state index contributed by atoms with van der Waals surface area (Å²) in [6, 6.07) is 3.64. The van der Waals surface area contributed by atoms with Crippen molar-refractivity contribution in [3.8, 4) is 11.5 Å². The number of carbonyl (C=O) groups is 4. The van der Waals surface area contributed by atoms with Gasteiger partial charge >= 0.3 is 24.4 Å². The Hall–Kier alpha value is -3.54. The number of aliphatic carboxylic acids is 1. The van der Waals surface area contributed by atoms with Crippen LogP contribution in [-0.4, -0.2) is 60.6 Å². The van der Waals surface area contributed by atoms with E-state index in [-0.39, 0.29) is 48.0 Å². The highest BCUT2D eigenvalue weighted by Gasteiger charge is 2.44. The van der Waals surface area contributed by atoms with Crippen LogP contribution in [0.1, 0.15) is 80.7 Å². The highest BCUT2D eigenvalue weighted by atomic mass is 16.8. The van der Waals surface area contributed by atoms with Crippen LogP contribution in [0.4, 0.5) is 14.4 Å². The fourth-order valence-electron chi connectivity index (χ4n) is 3.23. The Bertz CT molecular complexity index is 1040. The van der Waals surface area contributed by atoms with Crippen LogP contribution in [0.2, 0.25) is 0 Å². The number of hydrogen-bond acceptors (Lipinski definition) is 11. The van der Waals surface area contributed by atoms with Gasteiger partial charge in [0.2, 0.25) is 0 Å². The van der Waals surface area contributed by atoms with E-state index in [4.69, 9.17) is 28.4 Å². The molecule has 0 fully saturated rings. The fourth-order valence-corrected chi connectivity index (χ4v) is 3.23. The average Bonchev–Trinajstić information content (AvgIpc) is 2.90. The Labute approximate surface area is 248 Å². The van der Waals surface area contributed by atoms with E-state index in [0.29, 0.717) is 0 Å². The van der Waals surface area contributed by atoms with Gasteiger partial charge in [0.25, 0.3) is 5.72 Å². The highest BCUT2D eigenvalue weighted by molar-refractivity contribution is 5.80. The first-order chi connectivity index (χ1) is 19.6. The Morgan fingerprint density at radius 3 is 1.79 bits per heavy atom. The van der Waals surface area contributed by atoms with Gasteiger partial charge in [0, 0.05) is 12.5 Å². The first-order valence-corrected chi connectivity index (χ1v) is 14.3. The van der Waals surface area contributed by atoms with Crippen LogP contribution in [0.5, 0.6) is 11.5 Å². The molecule has 1 rings (SSSR count). The molecule has 238 valence electrons. The lowest BCUT2D eigenvalue weighted by atomic mass is 10.0. The smallest absolute Gasteiger partial charge is 0.477 e. The third-order valence-corrected chi connectivity index (χ3v) is 6.56. The lowest BCUT2D eigenvalue weighted by molar-refractivity contribution is -0.168. The predicted octanol–water partition coefficient (Wildman–Crippen LogP) is 6.33. The van der Waals surface area contributed by atoms with E-state index >= 15 is 0 Å². The summed E-state index contributed by atoms with van der Waals surface area (Å²) in [6.45, 7) is 16.7. The molecule has 1 aromatic carbocycles. The molecule has 0 aliphatic heterocycles. The van der Waals surface area contributed by atoms with Crippen LogP contribution in [0, 0.1) is 17.8 Å². The zero-order valence-corrected chi connectivity index (χ0v) is 26.2. The molecular weight excluding hydrogens is 550 g/mol. The monoisotopic (exact) mass is 597 g/mol. The maximum Gasteiger partial charge on any atom is 0.513 e. The third-order valence-electron chi connectivity index (χ3n) is 6.56. The molecule has 0 aliphatic carbocycles. The van der Waals surface area contributed by atoms with E-state index in [1.54, 1.807) is 20.8 Å². The molecule has 4 atom stereocenters. The van der Waals surface area contributed by atoms with Crippen molar-refractivity contribution >= 4 is 24.4 Å². The molecule has 0 saturated carbocycles. The van der Waals surface area contributed by atoms with E-state index in [9.17, 15) is 24.3 Å². The van der Waals surface area contributed by atoms with Crippen molar-refractivity contribution in [3.05, 3.63) is 23.8 Å². The van der Waals surface area contributed by atoms with Gasteiger partial charge in [-0.1, -0.05) is 60.5 Å². The van der Waals surface area contributed by atoms with Gasteiger partial charge in [-0.2, -0.15) is 0 Å². The maximum atomic E-state index is 12.6. The SMILES string of the molecule is CCC(C)COC(=O)Oc1ccc(C[C@](NC(C)C)(OC(=O)OC(C)C(C)C)C(=O)O)cc1OC(=O)OCC(C)CC. The van der Waals surface area contributed by atoms with Crippen LogP contribution < -0.4 is 14.8 Å². The highest BCUT2D eigenvalue weighted by Crippen LogP contribution is 2.32. The van der Waals surface area contributed by atoms with Gasteiger partial charge in [0.05, 0.1) is 13.2 Å². The largest absolute Gasteiger partial charge is 0.513 e. The van der Waals surface area contributed by atoms with Gasteiger partial charge in [0.1, 0.15) is 6.10 Å². The second-order valence-corrected chi connectivity index (χ2v) is 11.2. The van der Waals surface area contributed by atoms with E-state index in [1.807, 2.05) is 41.5 Å². The first kappa shape index (κ1) is 36.5. The summed E-state index contributed by atoms with van der Waals surface area (Å²) in [4.78, 5) is 49.9. The number of carbonyl (C=O) groups excluding carboxylic acids is 3. The second-order valence-electron chi connectivity index (χ2n) is 11.2. The van der Waals surface area contributed by atoms with Crippen molar-refractivity contribution in [2.75, 3.05) is 13.2 Å². The van der Waals surface area contributed by atoms with E-state index < -0.39 is 48.7 Å². The number of carboxylic acids is 1. The summed E-state index contributed by atoms with van der Waals surface area (Å²) in [5.74, 6) is -1.68. The van der Waals surface area contributed by atoms with Crippen LogP contribution in [0.15, 0.2) is 18.2 Å². The molecule has 0 aliphatic rings. The molecule has 0 saturated heterocycles. The Kier molecular flexibility index (Phi) is 15.1. The van der Waals surface area contributed by atoms with Crippen molar-refractivity contribution in [1.29, 1.82) is 0 Å². The van der Waals surface area contributed by atoms with Crippen molar-refractivity contribution in [2.24, 2.45) is 17.8 Å². The van der Waals surface area contributed by atoms with Crippen molar-refractivity contribution < 1.29 is 52.7 Å². The lowest BCUT2D eigenvalue weighted by Crippen LogP contribution is -2.59. The van der Waals surface area contributed by atoms with Gasteiger partial charge in [-0.05, 0) is 56.2 Å². The molecule has 0 spiro atoms. The summed E-state index contributed by atoms with van der Waals surface area (Å²) in [7, 11) is 0. The minimum atomic E-state index is -2.24. The number of nitrogens with one attached hydrogen (secondary N) is 1. The minimum absolute atomic E-state index is 0.0287. The molecule has 3 unspecified atom stereocenters. The van der Waals surface area contributed by atoms with E-state index in [0.717, 1.165) is 12.8 Å². The summed E-state index contributed by atoms with van der Waals surface area (Å²) >= 11 is 0. The van der Waals surface area contributed by atoms with Crippen LogP contribution in [0.25, 0.3) is 0 Å². The van der Waals surface area contributed by atoms with Crippen LogP contribution in [0.3, 0.4) is 0 Å². The van der Waals surface area contributed by atoms with Gasteiger partial charge in [-0.3, -0.25) is 5.32 Å². The fraction of sp³-hybridized carbons (Fsp3) is 0.667. The first-order valence-electron chi connectivity index (χ1n) is 14.3. The van der Waals surface area contributed by atoms with Crippen LogP contribution >= 0.6 is 0 Å². The van der Waals surface area contributed by atoms with Crippen molar-refractivity contribution in [3.63, 3.8) is 0 Å². The molecule has 12 nitrogen and oxygen atoms in total. The minimum Gasteiger partial charge on any atom is -0.477 e. The second kappa shape index (κ2) is 17.4. The van der Waals surface area contributed by atoms with Gasteiger partial charge in [0.15, 0.2) is 11.5 Å². The number of carboxylic acid groups (broad SMARTS) is 1. The van der Waals surface area contributed by atoms with Gasteiger partial charge in [-0.15, -0.1) is 0 Å². The Morgan fingerprint density at radius 1 is 0.810 bits per heavy atom. The normalized spacial score (nSPS) is 14.7. The molecule has 0 radical (unpaired) electrons. The Balaban J connectivity index is 3.38. The van der Waals surface area contributed by atoms with Crippen molar-refractivity contribution in [2.45, 2.75) is 99.4 Å². The average molecular weight is 598 g/mol. The van der Waals surface area contributed by atoms with E-state index in [2.05, 4.69) is 5.32 Å². The molecular formula is C30H47NO11. The number of rotatable bonds is 16. The maximum absolute atomic E-state index is 12.6. The predicted molar refractivity (Wildman–Crippen MR) is 154 cm³/mol. The zero-order chi connectivity index (χ0) is 32.0.